The summed E-state index contributed by atoms with van der Waals surface area (Å²) in [5, 5.41) is 10.6. The van der Waals surface area contributed by atoms with E-state index in [1.54, 1.807) is 0 Å². The standard InChI is InChI=1S/C37H52O5/c1-22(2)30-27(39)20-37(32(40)41)19-18-35(6)26(31(30)37)12-13-29-34(5)16-14-25(23-8-10-24(11-9-23)42-21-38)33(3,4)28(34)15-17-36(29,35)7/h8,14,21-22,24,26,28-29H,9-13,15-20H2,1-7H3,(H,40,41)/t24?,26-,28+,29-,34+,35-,36-,37-/m1/s1. The molecule has 0 heterocycles. The van der Waals surface area contributed by atoms with Gasteiger partial charge in [-0.05, 0) is 125 Å². The number of carboxylic acid groups (broad SMARTS) is 1. The molecule has 0 spiro atoms. The molecule has 6 aliphatic rings. The molecule has 1 N–H and O–H groups in total. The number of ketones is 1. The van der Waals surface area contributed by atoms with Gasteiger partial charge in [-0.2, -0.15) is 0 Å². The van der Waals surface area contributed by atoms with Crippen molar-refractivity contribution in [1.29, 1.82) is 0 Å². The largest absolute Gasteiger partial charge is 0.481 e. The Labute approximate surface area is 252 Å². The number of allylic oxidation sites excluding steroid dienone is 4. The van der Waals surface area contributed by atoms with Crippen LogP contribution in [0.4, 0.5) is 0 Å². The molecule has 0 aromatic heterocycles. The topological polar surface area (TPSA) is 80.7 Å². The molecule has 3 fully saturated rings. The lowest BCUT2D eigenvalue weighted by molar-refractivity contribution is -0.201. The van der Waals surface area contributed by atoms with E-state index in [0.29, 0.717) is 24.7 Å². The summed E-state index contributed by atoms with van der Waals surface area (Å²) in [6.07, 6.45) is 14.7. The Balaban J connectivity index is 1.37. The summed E-state index contributed by atoms with van der Waals surface area (Å²) in [5.74, 6) is 0.677. The Morgan fingerprint density at radius 3 is 2.33 bits per heavy atom. The van der Waals surface area contributed by atoms with Gasteiger partial charge in [0.05, 0.1) is 5.41 Å². The van der Waals surface area contributed by atoms with E-state index in [4.69, 9.17) is 4.74 Å². The second kappa shape index (κ2) is 9.66. The summed E-state index contributed by atoms with van der Waals surface area (Å²) in [7, 11) is 0. The van der Waals surface area contributed by atoms with Crippen molar-refractivity contribution >= 4 is 18.2 Å². The summed E-state index contributed by atoms with van der Waals surface area (Å²) < 4.78 is 5.27. The molecule has 6 rings (SSSR count). The minimum absolute atomic E-state index is 0.00646. The monoisotopic (exact) mass is 576 g/mol. The lowest BCUT2D eigenvalue weighted by Crippen LogP contribution is -2.64. The molecule has 0 aliphatic heterocycles. The lowest BCUT2D eigenvalue weighted by atomic mass is 9.33. The summed E-state index contributed by atoms with van der Waals surface area (Å²) in [5.41, 5.74) is 4.17. The fourth-order valence-electron chi connectivity index (χ4n) is 12.3. The minimum atomic E-state index is -0.987. The quantitative estimate of drug-likeness (QED) is 0.333. The van der Waals surface area contributed by atoms with E-state index in [1.807, 2.05) is 0 Å². The molecular formula is C37H52O5. The van der Waals surface area contributed by atoms with Gasteiger partial charge in [-0.15, -0.1) is 0 Å². The van der Waals surface area contributed by atoms with Crippen LogP contribution in [0.15, 0.2) is 34.4 Å². The Morgan fingerprint density at radius 1 is 0.976 bits per heavy atom. The third kappa shape index (κ3) is 3.76. The summed E-state index contributed by atoms with van der Waals surface area (Å²) in [6, 6.07) is 0. The zero-order valence-electron chi connectivity index (χ0n) is 27.0. The van der Waals surface area contributed by atoms with Gasteiger partial charge in [0, 0.05) is 12.8 Å². The zero-order chi connectivity index (χ0) is 30.5. The molecular weight excluding hydrogens is 524 g/mol. The van der Waals surface area contributed by atoms with E-state index in [0.717, 1.165) is 62.5 Å². The van der Waals surface area contributed by atoms with Crippen LogP contribution in [-0.4, -0.2) is 29.4 Å². The fourth-order valence-corrected chi connectivity index (χ4v) is 12.3. The first-order chi connectivity index (χ1) is 19.7. The van der Waals surface area contributed by atoms with Gasteiger partial charge >= 0.3 is 5.97 Å². The maximum Gasteiger partial charge on any atom is 0.314 e. The number of carbonyl (C=O) groups is 3. The minimum Gasteiger partial charge on any atom is -0.481 e. The van der Waals surface area contributed by atoms with Gasteiger partial charge in [0.25, 0.3) is 6.47 Å². The van der Waals surface area contributed by atoms with E-state index >= 15 is 0 Å². The first-order valence-corrected chi connectivity index (χ1v) is 16.7. The number of fused-ring (bicyclic) bond motifs is 7. The van der Waals surface area contributed by atoms with Gasteiger partial charge in [0.2, 0.25) is 0 Å². The van der Waals surface area contributed by atoms with Crippen molar-refractivity contribution in [1.82, 2.24) is 0 Å². The Morgan fingerprint density at radius 2 is 1.71 bits per heavy atom. The number of Topliss-reactive ketones (excluding diaryl/α,β-unsaturated/α-hetero) is 1. The van der Waals surface area contributed by atoms with Gasteiger partial charge in [0.15, 0.2) is 5.78 Å². The highest BCUT2D eigenvalue weighted by Crippen LogP contribution is 2.76. The number of aliphatic carboxylic acids is 1. The van der Waals surface area contributed by atoms with Gasteiger partial charge in [-0.25, -0.2) is 0 Å². The molecule has 230 valence electrons. The van der Waals surface area contributed by atoms with E-state index < -0.39 is 11.4 Å². The molecule has 8 atom stereocenters. The Hall–Kier alpha value is -2.17. The van der Waals surface area contributed by atoms with E-state index in [1.165, 1.54) is 17.6 Å². The van der Waals surface area contributed by atoms with E-state index in [9.17, 15) is 19.5 Å². The first kappa shape index (κ1) is 29.9. The highest BCUT2D eigenvalue weighted by molar-refractivity contribution is 6.05. The van der Waals surface area contributed by atoms with Gasteiger partial charge in [-0.1, -0.05) is 60.6 Å². The molecule has 5 heteroatoms. The van der Waals surface area contributed by atoms with Crippen molar-refractivity contribution in [2.24, 2.45) is 50.7 Å². The third-order valence-electron chi connectivity index (χ3n) is 14.4. The van der Waals surface area contributed by atoms with Gasteiger partial charge < -0.3 is 9.84 Å². The number of hydrogen-bond donors (Lipinski definition) is 1. The summed E-state index contributed by atoms with van der Waals surface area (Å²) in [6.45, 7) is 17.3. The molecule has 0 saturated heterocycles. The van der Waals surface area contributed by atoms with Gasteiger partial charge in [0.1, 0.15) is 6.10 Å². The van der Waals surface area contributed by atoms with Crippen LogP contribution in [0, 0.1) is 50.7 Å². The van der Waals surface area contributed by atoms with Crippen molar-refractivity contribution in [3.05, 3.63) is 34.4 Å². The maximum atomic E-state index is 13.4. The lowest BCUT2D eigenvalue weighted by Gasteiger charge is -2.71. The predicted molar refractivity (Wildman–Crippen MR) is 163 cm³/mol. The number of carboxylic acids is 1. The van der Waals surface area contributed by atoms with Crippen LogP contribution in [0.2, 0.25) is 0 Å². The zero-order valence-corrected chi connectivity index (χ0v) is 27.0. The first-order valence-electron chi connectivity index (χ1n) is 16.7. The molecule has 1 unspecified atom stereocenters. The number of hydrogen-bond acceptors (Lipinski definition) is 4. The molecule has 0 radical (unpaired) electrons. The SMILES string of the molecule is CC(C)C1=C2[C@H]3CC[C@@H]4[C@@]5(C)CC=C(C6=CCC(OC=O)CC6)C(C)(C)[C@@H]5CC[C@@]4(C)[C@]3(C)CC[C@@]2(C(=O)O)CC1=O. The van der Waals surface area contributed by atoms with Crippen LogP contribution >= 0.6 is 0 Å². The second-order valence-electron chi connectivity index (χ2n) is 16.5. The van der Waals surface area contributed by atoms with Crippen LogP contribution in [0.5, 0.6) is 0 Å². The van der Waals surface area contributed by atoms with Crippen LogP contribution in [-0.2, 0) is 19.1 Å². The molecule has 0 aromatic rings. The number of rotatable bonds is 5. The summed E-state index contributed by atoms with van der Waals surface area (Å²) in [4.78, 5) is 37.2. The average molecular weight is 577 g/mol. The molecule has 5 nitrogen and oxygen atoms in total. The smallest absolute Gasteiger partial charge is 0.314 e. The highest BCUT2D eigenvalue weighted by atomic mass is 16.5. The molecule has 42 heavy (non-hydrogen) atoms. The van der Waals surface area contributed by atoms with E-state index in [2.05, 4.69) is 60.6 Å². The molecule has 0 aromatic carbocycles. The Kier molecular flexibility index (Phi) is 6.88. The number of ether oxygens (including phenoxy) is 1. The fraction of sp³-hybridized carbons (Fsp3) is 0.757. The van der Waals surface area contributed by atoms with Crippen molar-refractivity contribution in [3.63, 3.8) is 0 Å². The van der Waals surface area contributed by atoms with Crippen LogP contribution in [0.25, 0.3) is 0 Å². The molecule has 0 amide bonds. The Bertz CT molecular complexity index is 1300. The maximum absolute atomic E-state index is 13.4. The number of carbonyl (C=O) groups excluding carboxylic acids is 2. The highest BCUT2D eigenvalue weighted by Gasteiger charge is 2.70. The van der Waals surface area contributed by atoms with Crippen molar-refractivity contribution in [3.8, 4) is 0 Å². The summed E-state index contributed by atoms with van der Waals surface area (Å²) >= 11 is 0. The third-order valence-corrected chi connectivity index (χ3v) is 14.4. The van der Waals surface area contributed by atoms with Crippen molar-refractivity contribution < 1.29 is 24.2 Å². The van der Waals surface area contributed by atoms with Crippen molar-refractivity contribution in [2.75, 3.05) is 0 Å². The van der Waals surface area contributed by atoms with Gasteiger partial charge in [-0.3, -0.25) is 14.4 Å². The molecule has 3 saturated carbocycles. The van der Waals surface area contributed by atoms with Crippen LogP contribution < -0.4 is 0 Å². The van der Waals surface area contributed by atoms with Crippen LogP contribution in [0.1, 0.15) is 119 Å². The predicted octanol–water partition coefficient (Wildman–Crippen LogP) is 8.24. The van der Waals surface area contributed by atoms with E-state index in [-0.39, 0.29) is 51.8 Å². The molecule has 6 aliphatic carbocycles. The van der Waals surface area contributed by atoms with Crippen LogP contribution in [0.3, 0.4) is 0 Å². The average Bonchev–Trinajstić information content (AvgIpc) is 3.23. The molecule has 0 bridgehead atoms. The van der Waals surface area contributed by atoms with Crippen molar-refractivity contribution in [2.45, 2.75) is 125 Å². The normalized spacial score (nSPS) is 44.3. The second-order valence-corrected chi connectivity index (χ2v) is 16.5.